The number of aryl methyl sites for hydroxylation is 1. The molecule has 0 saturated carbocycles. The predicted octanol–water partition coefficient (Wildman–Crippen LogP) is 4.80. The van der Waals surface area contributed by atoms with E-state index in [1.807, 2.05) is 37.3 Å². The molecule has 138 valence electrons. The van der Waals surface area contributed by atoms with Gasteiger partial charge >= 0.3 is 0 Å². The van der Waals surface area contributed by atoms with Crippen LogP contribution >= 0.6 is 23.2 Å². The average Bonchev–Trinajstić information content (AvgIpc) is 2.62. The van der Waals surface area contributed by atoms with Crippen molar-refractivity contribution >= 4 is 40.7 Å². The summed E-state index contributed by atoms with van der Waals surface area (Å²) in [5.74, 6) is -0.316. The van der Waals surface area contributed by atoms with Crippen molar-refractivity contribution in [1.29, 1.82) is 0 Å². The van der Waals surface area contributed by atoms with E-state index in [1.54, 1.807) is 23.1 Å². The summed E-state index contributed by atoms with van der Waals surface area (Å²) in [6.07, 6.45) is 1.82. The van der Waals surface area contributed by atoms with Crippen LogP contribution in [0.5, 0.6) is 0 Å². The van der Waals surface area contributed by atoms with E-state index in [2.05, 4.69) is 5.32 Å². The Kier molecular flexibility index (Phi) is 7.95. The van der Waals surface area contributed by atoms with Gasteiger partial charge < -0.3 is 10.2 Å². The first-order chi connectivity index (χ1) is 12.5. The summed E-state index contributed by atoms with van der Waals surface area (Å²) in [6.45, 7) is 2.52. The lowest BCUT2D eigenvalue weighted by molar-refractivity contribution is -0.134. The summed E-state index contributed by atoms with van der Waals surface area (Å²) < 4.78 is 0. The van der Waals surface area contributed by atoms with Crippen LogP contribution < -0.4 is 5.32 Å². The predicted molar refractivity (Wildman–Crippen MR) is 107 cm³/mol. The molecule has 0 aliphatic heterocycles. The van der Waals surface area contributed by atoms with Crippen molar-refractivity contribution in [3.63, 3.8) is 0 Å². The lowest BCUT2D eigenvalue weighted by Crippen LogP contribution is -2.38. The summed E-state index contributed by atoms with van der Waals surface area (Å²) >= 11 is 11.9. The molecule has 0 unspecified atom stereocenters. The molecular weight excluding hydrogens is 371 g/mol. The van der Waals surface area contributed by atoms with E-state index >= 15 is 0 Å². The van der Waals surface area contributed by atoms with E-state index in [9.17, 15) is 9.59 Å². The molecule has 0 bridgehead atoms. The van der Waals surface area contributed by atoms with Crippen LogP contribution in [-0.4, -0.2) is 29.8 Å². The number of rotatable bonds is 8. The summed E-state index contributed by atoms with van der Waals surface area (Å²) in [5.41, 5.74) is 1.59. The van der Waals surface area contributed by atoms with Gasteiger partial charge in [-0.1, -0.05) is 60.5 Å². The van der Waals surface area contributed by atoms with Crippen molar-refractivity contribution in [2.75, 3.05) is 18.4 Å². The zero-order chi connectivity index (χ0) is 18.9. The molecule has 0 heterocycles. The van der Waals surface area contributed by atoms with E-state index in [1.165, 1.54) is 0 Å². The third-order valence-electron chi connectivity index (χ3n) is 3.86. The third-order valence-corrected chi connectivity index (χ3v) is 4.40. The number of hydrogen-bond acceptors (Lipinski definition) is 2. The molecule has 2 amide bonds. The molecule has 2 aromatic carbocycles. The Morgan fingerprint density at radius 2 is 1.81 bits per heavy atom. The summed E-state index contributed by atoms with van der Waals surface area (Å²) in [7, 11) is 0. The van der Waals surface area contributed by atoms with Gasteiger partial charge in [-0.3, -0.25) is 9.59 Å². The Balaban J connectivity index is 1.93. The van der Waals surface area contributed by atoms with E-state index in [4.69, 9.17) is 23.2 Å². The number of halogens is 2. The minimum absolute atomic E-state index is 0.000415. The highest BCUT2D eigenvalue weighted by Crippen LogP contribution is 2.25. The van der Waals surface area contributed by atoms with Crippen LogP contribution in [0.1, 0.15) is 25.3 Å². The second-order valence-corrected chi connectivity index (χ2v) is 6.82. The van der Waals surface area contributed by atoms with Crippen LogP contribution in [0.25, 0.3) is 0 Å². The third kappa shape index (κ3) is 6.36. The number of carbonyl (C=O) groups is 2. The SMILES string of the molecule is CCCN(CC(=O)Nc1ccc(Cl)cc1Cl)C(=O)CCc1ccccc1. The molecule has 0 spiro atoms. The molecular formula is C20H22Cl2N2O2. The fourth-order valence-electron chi connectivity index (χ4n) is 2.57. The quantitative estimate of drug-likeness (QED) is 0.700. The van der Waals surface area contributed by atoms with Crippen LogP contribution in [0.4, 0.5) is 5.69 Å². The summed E-state index contributed by atoms with van der Waals surface area (Å²) in [6, 6.07) is 14.7. The molecule has 0 fully saturated rings. The van der Waals surface area contributed by atoms with Gasteiger partial charge in [-0.15, -0.1) is 0 Å². The van der Waals surface area contributed by atoms with E-state index in [-0.39, 0.29) is 18.4 Å². The monoisotopic (exact) mass is 392 g/mol. The van der Waals surface area contributed by atoms with Gasteiger partial charge in [0.15, 0.2) is 0 Å². The van der Waals surface area contributed by atoms with Crippen LogP contribution in [0.3, 0.4) is 0 Å². The highest BCUT2D eigenvalue weighted by atomic mass is 35.5. The normalized spacial score (nSPS) is 10.4. The number of nitrogens with one attached hydrogen (secondary N) is 1. The Bertz CT molecular complexity index is 751. The Morgan fingerprint density at radius 3 is 2.46 bits per heavy atom. The fourth-order valence-corrected chi connectivity index (χ4v) is 3.03. The number of anilines is 1. The number of amides is 2. The van der Waals surface area contributed by atoms with Gasteiger partial charge in [-0.05, 0) is 36.6 Å². The van der Waals surface area contributed by atoms with Gasteiger partial charge in [0, 0.05) is 18.0 Å². The molecule has 2 aromatic rings. The first kappa shape index (κ1) is 20.3. The number of benzene rings is 2. The zero-order valence-electron chi connectivity index (χ0n) is 14.7. The topological polar surface area (TPSA) is 49.4 Å². The maximum atomic E-state index is 12.5. The van der Waals surface area contributed by atoms with E-state index in [0.717, 1.165) is 12.0 Å². The van der Waals surface area contributed by atoms with Crippen molar-refractivity contribution in [2.45, 2.75) is 26.2 Å². The summed E-state index contributed by atoms with van der Waals surface area (Å²) in [5, 5.41) is 3.59. The smallest absolute Gasteiger partial charge is 0.244 e. The first-order valence-electron chi connectivity index (χ1n) is 8.56. The summed E-state index contributed by atoms with van der Waals surface area (Å²) in [4.78, 5) is 26.4. The van der Waals surface area contributed by atoms with Crippen LogP contribution in [-0.2, 0) is 16.0 Å². The maximum Gasteiger partial charge on any atom is 0.244 e. The van der Waals surface area contributed by atoms with Gasteiger partial charge in [0.2, 0.25) is 11.8 Å². The standard InChI is InChI=1S/C20H22Cl2N2O2/c1-2-12-24(20(26)11-8-15-6-4-3-5-7-15)14-19(25)23-18-10-9-16(21)13-17(18)22/h3-7,9-10,13H,2,8,11-12,14H2,1H3,(H,23,25). The van der Waals surface area contributed by atoms with Crippen LogP contribution in [0, 0.1) is 0 Å². The van der Waals surface area contributed by atoms with Crippen LogP contribution in [0.2, 0.25) is 10.0 Å². The molecule has 0 aliphatic carbocycles. The van der Waals surface area contributed by atoms with Crippen molar-refractivity contribution < 1.29 is 9.59 Å². The van der Waals surface area contributed by atoms with Crippen molar-refractivity contribution in [2.24, 2.45) is 0 Å². The lowest BCUT2D eigenvalue weighted by Gasteiger charge is -2.22. The molecule has 1 N–H and O–H groups in total. The minimum Gasteiger partial charge on any atom is -0.333 e. The molecule has 0 aromatic heterocycles. The molecule has 2 rings (SSSR count). The molecule has 0 radical (unpaired) electrons. The lowest BCUT2D eigenvalue weighted by atomic mass is 10.1. The molecule has 26 heavy (non-hydrogen) atoms. The van der Waals surface area contributed by atoms with Gasteiger partial charge in [0.05, 0.1) is 17.3 Å². The van der Waals surface area contributed by atoms with Crippen molar-refractivity contribution in [3.8, 4) is 0 Å². The van der Waals surface area contributed by atoms with E-state index in [0.29, 0.717) is 35.1 Å². The zero-order valence-corrected chi connectivity index (χ0v) is 16.2. The van der Waals surface area contributed by atoms with Gasteiger partial charge in [0.1, 0.15) is 0 Å². The van der Waals surface area contributed by atoms with Gasteiger partial charge in [-0.25, -0.2) is 0 Å². The van der Waals surface area contributed by atoms with Crippen molar-refractivity contribution in [3.05, 3.63) is 64.1 Å². The van der Waals surface area contributed by atoms with Crippen molar-refractivity contribution in [1.82, 2.24) is 4.90 Å². The fraction of sp³-hybridized carbons (Fsp3) is 0.300. The van der Waals surface area contributed by atoms with Crippen LogP contribution in [0.15, 0.2) is 48.5 Å². The largest absolute Gasteiger partial charge is 0.333 e. The highest BCUT2D eigenvalue weighted by Gasteiger charge is 2.17. The molecule has 4 nitrogen and oxygen atoms in total. The van der Waals surface area contributed by atoms with Gasteiger partial charge in [-0.2, -0.15) is 0 Å². The highest BCUT2D eigenvalue weighted by molar-refractivity contribution is 6.36. The second kappa shape index (κ2) is 10.2. The number of hydrogen-bond donors (Lipinski definition) is 1. The molecule has 0 atom stereocenters. The average molecular weight is 393 g/mol. The second-order valence-electron chi connectivity index (χ2n) is 5.97. The van der Waals surface area contributed by atoms with Gasteiger partial charge in [0.25, 0.3) is 0 Å². The maximum absolute atomic E-state index is 12.5. The Labute approximate surface area is 164 Å². The molecule has 0 saturated heterocycles. The first-order valence-corrected chi connectivity index (χ1v) is 9.31. The minimum atomic E-state index is -0.282. The number of carbonyl (C=O) groups excluding carboxylic acids is 2. The molecule has 0 aliphatic rings. The van der Waals surface area contributed by atoms with E-state index < -0.39 is 0 Å². The number of nitrogens with zero attached hydrogens (tertiary/aromatic N) is 1. The Hall–Kier alpha value is -2.04. The Morgan fingerprint density at radius 1 is 1.08 bits per heavy atom. The molecule has 6 heteroatoms.